The van der Waals surface area contributed by atoms with Crippen LogP contribution in [0, 0.1) is 20.8 Å². The quantitative estimate of drug-likeness (QED) is 0.675. The molecule has 0 atom stereocenters. The first-order valence-electron chi connectivity index (χ1n) is 9.05. The van der Waals surface area contributed by atoms with Gasteiger partial charge in [0.15, 0.2) is 0 Å². The van der Waals surface area contributed by atoms with Crippen LogP contribution in [0.1, 0.15) is 39.8 Å². The lowest BCUT2D eigenvalue weighted by Gasteiger charge is -2.14. The number of para-hydroxylation sites is 1. The van der Waals surface area contributed by atoms with Gasteiger partial charge in [0, 0.05) is 17.1 Å². The van der Waals surface area contributed by atoms with E-state index in [1.807, 2.05) is 57.2 Å². The summed E-state index contributed by atoms with van der Waals surface area (Å²) in [5, 5.41) is 6.19. The van der Waals surface area contributed by atoms with Crippen LogP contribution in [0.15, 0.2) is 48.5 Å². The molecule has 0 fully saturated rings. The van der Waals surface area contributed by atoms with Crippen LogP contribution in [0.2, 0.25) is 0 Å². The second kappa shape index (κ2) is 7.99. The Morgan fingerprint density at radius 2 is 1.78 bits per heavy atom. The molecule has 1 aromatic heterocycles. The summed E-state index contributed by atoms with van der Waals surface area (Å²) in [4.78, 5) is 21.5. The van der Waals surface area contributed by atoms with Crippen molar-refractivity contribution < 1.29 is 4.79 Å². The molecule has 0 spiro atoms. The summed E-state index contributed by atoms with van der Waals surface area (Å²) in [5.74, 6) is 0.169. The van der Waals surface area contributed by atoms with Crippen molar-refractivity contribution in [3.05, 3.63) is 76.6 Å². The van der Waals surface area contributed by atoms with Gasteiger partial charge < -0.3 is 10.6 Å². The highest BCUT2D eigenvalue weighted by atomic mass is 16.1. The van der Waals surface area contributed by atoms with Crippen molar-refractivity contribution in [3.63, 3.8) is 0 Å². The first-order valence-corrected chi connectivity index (χ1v) is 9.05. The van der Waals surface area contributed by atoms with Gasteiger partial charge in [-0.3, -0.25) is 4.79 Å². The van der Waals surface area contributed by atoms with Gasteiger partial charge in [-0.15, -0.1) is 0 Å². The Balaban J connectivity index is 1.87. The molecule has 0 saturated heterocycles. The van der Waals surface area contributed by atoms with E-state index in [1.165, 1.54) is 5.56 Å². The van der Waals surface area contributed by atoms with Crippen LogP contribution in [0.3, 0.4) is 0 Å². The standard InChI is InChI=1S/C22H24N4O/c1-5-17-10-7-9-15(3)20(17)26-22-23-16(4)13-19(25-22)21(27)24-18-11-6-8-14(2)12-18/h6-13H,5H2,1-4H3,(H,24,27)(H,23,25,26). The molecule has 3 rings (SSSR count). The lowest BCUT2D eigenvalue weighted by molar-refractivity contribution is 0.102. The Morgan fingerprint density at radius 3 is 2.52 bits per heavy atom. The SMILES string of the molecule is CCc1cccc(C)c1Nc1nc(C)cc(C(=O)Nc2cccc(C)c2)n1. The lowest BCUT2D eigenvalue weighted by Crippen LogP contribution is -2.15. The number of hydrogen-bond donors (Lipinski definition) is 2. The topological polar surface area (TPSA) is 66.9 Å². The van der Waals surface area contributed by atoms with Crippen molar-refractivity contribution in [2.24, 2.45) is 0 Å². The molecule has 0 aliphatic heterocycles. The zero-order valence-electron chi connectivity index (χ0n) is 16.1. The lowest BCUT2D eigenvalue weighted by atomic mass is 10.1. The predicted octanol–water partition coefficient (Wildman–Crippen LogP) is 4.96. The highest BCUT2D eigenvalue weighted by molar-refractivity contribution is 6.03. The number of aromatic nitrogens is 2. The molecule has 138 valence electrons. The maximum absolute atomic E-state index is 12.6. The molecular formula is C22H24N4O. The van der Waals surface area contributed by atoms with Crippen LogP contribution in [0.5, 0.6) is 0 Å². The Morgan fingerprint density at radius 1 is 1.00 bits per heavy atom. The molecule has 27 heavy (non-hydrogen) atoms. The van der Waals surface area contributed by atoms with E-state index < -0.39 is 0 Å². The van der Waals surface area contributed by atoms with Crippen LogP contribution in [-0.2, 0) is 6.42 Å². The number of carbonyl (C=O) groups excluding carboxylic acids is 1. The van der Waals surface area contributed by atoms with Crippen molar-refractivity contribution >= 4 is 23.2 Å². The normalized spacial score (nSPS) is 10.5. The fraction of sp³-hybridized carbons (Fsp3) is 0.227. The minimum atomic E-state index is -0.255. The second-order valence-electron chi connectivity index (χ2n) is 6.63. The Bertz CT molecular complexity index is 982. The molecular weight excluding hydrogens is 336 g/mol. The highest BCUT2D eigenvalue weighted by Gasteiger charge is 2.13. The third-order valence-electron chi connectivity index (χ3n) is 4.34. The van der Waals surface area contributed by atoms with Crippen LogP contribution in [0.4, 0.5) is 17.3 Å². The smallest absolute Gasteiger partial charge is 0.274 e. The number of nitrogens with zero attached hydrogens (tertiary/aromatic N) is 2. The number of aryl methyl sites for hydroxylation is 4. The van der Waals surface area contributed by atoms with E-state index in [1.54, 1.807) is 6.07 Å². The Kier molecular flexibility index (Phi) is 5.50. The maximum Gasteiger partial charge on any atom is 0.274 e. The van der Waals surface area contributed by atoms with Crippen LogP contribution in [-0.4, -0.2) is 15.9 Å². The highest BCUT2D eigenvalue weighted by Crippen LogP contribution is 2.24. The molecule has 1 heterocycles. The van der Waals surface area contributed by atoms with Gasteiger partial charge in [-0.1, -0.05) is 37.3 Å². The molecule has 0 unspecified atom stereocenters. The third-order valence-corrected chi connectivity index (χ3v) is 4.34. The van der Waals surface area contributed by atoms with Crippen molar-refractivity contribution in [1.29, 1.82) is 0 Å². The van der Waals surface area contributed by atoms with Crippen LogP contribution < -0.4 is 10.6 Å². The van der Waals surface area contributed by atoms with Gasteiger partial charge in [0.05, 0.1) is 0 Å². The molecule has 5 heteroatoms. The van der Waals surface area contributed by atoms with Gasteiger partial charge in [0.25, 0.3) is 5.91 Å². The maximum atomic E-state index is 12.6. The summed E-state index contributed by atoms with van der Waals surface area (Å²) in [6.45, 7) is 8.00. The predicted molar refractivity (Wildman–Crippen MR) is 110 cm³/mol. The molecule has 1 amide bonds. The van der Waals surface area contributed by atoms with E-state index in [0.29, 0.717) is 11.6 Å². The molecule has 5 nitrogen and oxygen atoms in total. The number of rotatable bonds is 5. The monoisotopic (exact) mass is 360 g/mol. The van der Waals surface area contributed by atoms with Crippen LogP contribution in [0.25, 0.3) is 0 Å². The Labute approximate surface area is 159 Å². The van der Waals surface area contributed by atoms with E-state index in [-0.39, 0.29) is 5.91 Å². The molecule has 0 aliphatic carbocycles. The number of hydrogen-bond acceptors (Lipinski definition) is 4. The van der Waals surface area contributed by atoms with E-state index in [0.717, 1.165) is 34.6 Å². The molecule has 0 bridgehead atoms. The van der Waals surface area contributed by atoms with E-state index in [9.17, 15) is 4.79 Å². The molecule has 3 aromatic rings. The number of benzene rings is 2. The fourth-order valence-electron chi connectivity index (χ4n) is 2.97. The van der Waals surface area contributed by atoms with Crippen LogP contribution >= 0.6 is 0 Å². The van der Waals surface area contributed by atoms with E-state index in [2.05, 4.69) is 33.6 Å². The fourth-order valence-corrected chi connectivity index (χ4v) is 2.97. The molecule has 2 N–H and O–H groups in total. The van der Waals surface area contributed by atoms with Gasteiger partial charge in [0.1, 0.15) is 5.69 Å². The van der Waals surface area contributed by atoms with E-state index >= 15 is 0 Å². The average Bonchev–Trinajstić information content (AvgIpc) is 2.63. The Hall–Kier alpha value is -3.21. The number of amides is 1. The first-order chi connectivity index (χ1) is 13.0. The number of carbonyl (C=O) groups is 1. The number of anilines is 3. The molecule has 0 saturated carbocycles. The van der Waals surface area contributed by atoms with Gasteiger partial charge >= 0.3 is 0 Å². The average molecular weight is 360 g/mol. The van der Waals surface area contributed by atoms with Crippen molar-refractivity contribution in [2.75, 3.05) is 10.6 Å². The molecule has 2 aromatic carbocycles. The summed E-state index contributed by atoms with van der Waals surface area (Å²) in [6, 6.07) is 15.5. The minimum Gasteiger partial charge on any atom is -0.324 e. The van der Waals surface area contributed by atoms with Gasteiger partial charge in [-0.2, -0.15) is 0 Å². The summed E-state index contributed by atoms with van der Waals surface area (Å²) in [7, 11) is 0. The van der Waals surface area contributed by atoms with Crippen molar-refractivity contribution in [2.45, 2.75) is 34.1 Å². The second-order valence-corrected chi connectivity index (χ2v) is 6.63. The van der Waals surface area contributed by atoms with Gasteiger partial charge in [0.2, 0.25) is 5.95 Å². The van der Waals surface area contributed by atoms with Gasteiger partial charge in [-0.05, 0) is 62.1 Å². The zero-order chi connectivity index (χ0) is 19.4. The zero-order valence-corrected chi connectivity index (χ0v) is 16.1. The largest absolute Gasteiger partial charge is 0.324 e. The minimum absolute atomic E-state index is 0.255. The van der Waals surface area contributed by atoms with Crippen molar-refractivity contribution in [1.82, 2.24) is 9.97 Å². The summed E-state index contributed by atoms with van der Waals surface area (Å²) in [5.41, 5.74) is 6.19. The molecule has 0 radical (unpaired) electrons. The molecule has 0 aliphatic rings. The number of nitrogens with one attached hydrogen (secondary N) is 2. The third kappa shape index (κ3) is 4.50. The first kappa shape index (κ1) is 18.6. The van der Waals surface area contributed by atoms with E-state index in [4.69, 9.17) is 0 Å². The van der Waals surface area contributed by atoms with Crippen molar-refractivity contribution in [3.8, 4) is 0 Å². The summed E-state index contributed by atoms with van der Waals surface area (Å²) >= 11 is 0. The summed E-state index contributed by atoms with van der Waals surface area (Å²) in [6.07, 6.45) is 0.899. The summed E-state index contributed by atoms with van der Waals surface area (Å²) < 4.78 is 0. The van der Waals surface area contributed by atoms with Gasteiger partial charge in [-0.25, -0.2) is 9.97 Å².